The van der Waals surface area contributed by atoms with Crippen molar-refractivity contribution < 1.29 is 119 Å². The third-order valence-corrected chi connectivity index (χ3v) is 4.83. The van der Waals surface area contributed by atoms with Crippen molar-refractivity contribution in [3.05, 3.63) is 4.13 Å². The van der Waals surface area contributed by atoms with Gasteiger partial charge in [-0.3, -0.25) is 0 Å². The van der Waals surface area contributed by atoms with Gasteiger partial charge in [0, 0.05) is 0 Å². The molecule has 0 heterocycles. The molecule has 22 heavy (non-hydrogen) atoms. The summed E-state index contributed by atoms with van der Waals surface area (Å²) in [7, 11) is -15.2. The summed E-state index contributed by atoms with van der Waals surface area (Å²) in [5, 5.41) is -14.0. The molecule has 128 valence electrons. The van der Waals surface area contributed by atoms with Gasteiger partial charge in [0.2, 0.25) is 0 Å². The van der Waals surface area contributed by atoms with E-state index in [1.807, 2.05) is 0 Å². The molecule has 0 aromatic rings. The maximum atomic E-state index is 12.3. The first-order chi connectivity index (χ1) is 8.71. The molecule has 0 aliphatic rings. The predicted octanol–water partition coefficient (Wildman–Crippen LogP) is -0.666. The first kappa shape index (κ1) is 25.2. The van der Waals surface area contributed by atoms with E-state index in [1.54, 1.807) is 0 Å². The van der Waals surface area contributed by atoms with E-state index < -0.39 is 42.9 Å². The van der Waals surface area contributed by atoms with Gasteiger partial charge in [-0.15, -0.1) is 0 Å². The Morgan fingerprint density at radius 2 is 0.727 bits per heavy atom. The predicted molar refractivity (Wildman–Crippen MR) is 43.2 cm³/mol. The molecule has 0 spiro atoms. The van der Waals surface area contributed by atoms with E-state index in [-0.39, 0.29) is 58.2 Å². The van der Waals surface area contributed by atoms with Crippen molar-refractivity contribution in [3.63, 3.8) is 0 Å². The van der Waals surface area contributed by atoms with Crippen LogP contribution in [0, 0.1) is 0 Å². The van der Waals surface area contributed by atoms with Gasteiger partial charge >= 0.3 is 81.0 Å². The molecule has 0 aromatic carbocycles. The molecule has 0 N–H and O–H groups in total. The fourth-order valence-corrected chi connectivity index (χ4v) is 2.88. The third kappa shape index (κ3) is 4.53. The zero-order valence-electron chi connectivity index (χ0n) is 9.68. The summed E-state index contributed by atoms with van der Waals surface area (Å²) in [6.07, 6.45) is -14.0. The fourth-order valence-electron chi connectivity index (χ4n) is 0.515. The van der Waals surface area contributed by atoms with Gasteiger partial charge in [-0.2, -0.15) is 43.9 Å². The molecule has 0 radical (unpaired) electrons. The molecule has 5 nitrogen and oxygen atoms in total. The Morgan fingerprint density at radius 1 is 0.545 bits per heavy atom. The van der Waals surface area contributed by atoms with Gasteiger partial charge in [0.15, 0.2) is 20.0 Å². The molecule has 0 saturated heterocycles. The number of halogens is 10. The van der Waals surface area contributed by atoms with E-state index in [4.69, 9.17) is 0 Å². The average molecular weight is 466 g/mol. The zero-order valence-corrected chi connectivity index (χ0v) is 16.2. The molecule has 0 rings (SSSR count). The third-order valence-electron chi connectivity index (χ3n) is 1.50. The Bertz CT molecular complexity index is 550. The molecule has 0 amide bonds. The van der Waals surface area contributed by atoms with Crippen molar-refractivity contribution in [2.75, 3.05) is 0 Å². The fraction of sp³-hybridized carbons (Fsp3) is 1.00. The molecular formula is C4F10NO4RbS2. The van der Waals surface area contributed by atoms with Crippen LogP contribution in [0.15, 0.2) is 0 Å². The van der Waals surface area contributed by atoms with Crippen molar-refractivity contribution in [3.8, 4) is 0 Å². The topological polar surface area (TPSA) is 82.4 Å². The van der Waals surface area contributed by atoms with Crippen LogP contribution in [0.3, 0.4) is 0 Å². The molecule has 0 aliphatic carbocycles. The summed E-state index contributed by atoms with van der Waals surface area (Å²) in [6, 6.07) is 0. The van der Waals surface area contributed by atoms with E-state index in [1.165, 1.54) is 0 Å². The van der Waals surface area contributed by atoms with Crippen LogP contribution >= 0.6 is 0 Å². The van der Waals surface area contributed by atoms with Gasteiger partial charge in [0.25, 0.3) is 0 Å². The Hall–Kier alpha value is 0.965. The van der Waals surface area contributed by atoms with Crippen molar-refractivity contribution in [1.82, 2.24) is 0 Å². The maximum absolute atomic E-state index is 12.3. The minimum absolute atomic E-state index is 0. The first-order valence-electron chi connectivity index (χ1n) is 3.83. The van der Waals surface area contributed by atoms with Crippen molar-refractivity contribution >= 4 is 20.0 Å². The van der Waals surface area contributed by atoms with Gasteiger partial charge in [-0.05, 0) is 0 Å². The summed E-state index contributed by atoms with van der Waals surface area (Å²) in [6.45, 7) is 0. The molecule has 0 fully saturated rings. The van der Waals surface area contributed by atoms with Crippen LogP contribution in [0.5, 0.6) is 0 Å². The van der Waals surface area contributed by atoms with Gasteiger partial charge < -0.3 is 4.13 Å². The van der Waals surface area contributed by atoms with E-state index in [0.29, 0.717) is 4.13 Å². The minimum Gasteiger partial charge on any atom is -0.425 e. The molecule has 0 bridgehead atoms. The normalized spacial score (nSPS) is 15.4. The van der Waals surface area contributed by atoms with Gasteiger partial charge in [0.1, 0.15) is 0 Å². The van der Waals surface area contributed by atoms with Crippen LogP contribution in [0.1, 0.15) is 0 Å². The Labute approximate surface area is 164 Å². The summed E-state index contributed by atoms with van der Waals surface area (Å²) in [4.78, 5) is 0. The smallest absolute Gasteiger partial charge is 0.425 e. The van der Waals surface area contributed by atoms with Crippen LogP contribution in [-0.2, 0) is 20.0 Å². The van der Waals surface area contributed by atoms with Crippen LogP contribution in [0.25, 0.3) is 4.13 Å². The SMILES string of the molecule is O=S(=O)([N-]S(=O)(=O)C(F)(F)C(F)(F)F)C(F)(F)C(F)(F)F.[Rb+]. The zero-order chi connectivity index (χ0) is 17.7. The molecule has 0 aromatic heterocycles. The van der Waals surface area contributed by atoms with Gasteiger partial charge in [-0.25, -0.2) is 16.8 Å². The molecule has 18 heteroatoms. The monoisotopic (exact) mass is 465 g/mol. The van der Waals surface area contributed by atoms with E-state index in [0.717, 1.165) is 0 Å². The molecular weight excluding hydrogens is 466 g/mol. The largest absolute Gasteiger partial charge is 1.00 e. The summed E-state index contributed by atoms with van der Waals surface area (Å²) in [5.74, 6) is 0. The van der Waals surface area contributed by atoms with Gasteiger partial charge in [-0.1, -0.05) is 0 Å². The van der Waals surface area contributed by atoms with Gasteiger partial charge in [0.05, 0.1) is 0 Å². The van der Waals surface area contributed by atoms with E-state index >= 15 is 0 Å². The second kappa shape index (κ2) is 6.70. The van der Waals surface area contributed by atoms with Crippen LogP contribution in [0.4, 0.5) is 43.9 Å². The van der Waals surface area contributed by atoms with Crippen LogP contribution in [-0.4, -0.2) is 39.7 Å². The Morgan fingerprint density at radius 3 is 0.864 bits per heavy atom. The van der Waals surface area contributed by atoms with E-state index in [2.05, 4.69) is 0 Å². The summed E-state index contributed by atoms with van der Waals surface area (Å²) in [5.41, 5.74) is 0. The van der Waals surface area contributed by atoms with Crippen LogP contribution in [0.2, 0.25) is 0 Å². The van der Waals surface area contributed by atoms with Crippen molar-refractivity contribution in [1.29, 1.82) is 0 Å². The molecule has 0 saturated carbocycles. The van der Waals surface area contributed by atoms with E-state index in [9.17, 15) is 60.7 Å². The minimum atomic E-state index is -7.62. The Balaban J connectivity index is 0. The number of hydrogen-bond acceptors (Lipinski definition) is 4. The summed E-state index contributed by atoms with van der Waals surface area (Å²) >= 11 is 0. The maximum Gasteiger partial charge on any atom is 1.00 e. The molecule has 0 atom stereocenters. The molecule has 0 unspecified atom stereocenters. The van der Waals surface area contributed by atoms with Crippen LogP contribution < -0.4 is 58.2 Å². The molecule has 0 aliphatic heterocycles. The first-order valence-corrected chi connectivity index (χ1v) is 6.71. The second-order valence-corrected chi connectivity index (χ2v) is 6.58. The second-order valence-electron chi connectivity index (χ2n) is 3.05. The average Bonchev–Trinajstić information content (AvgIpc) is 2.11. The summed E-state index contributed by atoms with van der Waals surface area (Å²) < 4.78 is 161. The number of sulfonamides is 2. The number of rotatable bonds is 4. The van der Waals surface area contributed by atoms with Crippen molar-refractivity contribution in [2.45, 2.75) is 22.9 Å². The van der Waals surface area contributed by atoms with Crippen molar-refractivity contribution in [2.24, 2.45) is 0 Å². The number of alkyl halides is 10. The number of hydrogen-bond donors (Lipinski definition) is 0. The standard InChI is InChI=1S/C4F10NO4S2.Rb/c5-1(6,7)3(11,12)20(16,17)15-21(18,19)4(13,14)2(8,9)10;/q-1;+1. The quantitative estimate of drug-likeness (QED) is 0.516. The Kier molecular flexibility index (Phi) is 7.68. The number of nitrogens with zero attached hydrogens (tertiary/aromatic N) is 1.